The molecule has 7 nitrogen and oxygen atoms in total. The van der Waals surface area contributed by atoms with E-state index in [2.05, 4.69) is 32.3 Å². The van der Waals surface area contributed by atoms with Crippen LogP contribution in [0.2, 0.25) is 5.02 Å². The first-order valence-electron chi connectivity index (χ1n) is 11.6. The number of thiophene rings is 1. The van der Waals surface area contributed by atoms with E-state index in [9.17, 15) is 4.79 Å². The predicted octanol–water partition coefficient (Wildman–Crippen LogP) is 5.64. The molecule has 1 unspecified atom stereocenters. The van der Waals surface area contributed by atoms with E-state index in [1.165, 1.54) is 11.3 Å². The number of aryl methyl sites for hydroxylation is 1. The zero-order valence-corrected chi connectivity index (χ0v) is 22.4. The van der Waals surface area contributed by atoms with Gasteiger partial charge in [-0.15, -0.1) is 11.3 Å². The van der Waals surface area contributed by atoms with Gasteiger partial charge in [0.1, 0.15) is 39.9 Å². The molecule has 0 spiro atoms. The molecule has 0 saturated carbocycles. The summed E-state index contributed by atoms with van der Waals surface area (Å²) in [6.45, 7) is 3.77. The first-order valence-corrected chi connectivity index (χ1v) is 13.6. The SMILES string of the molecule is CC(Oc1cc(-n2cnc3c2C=C(Br)CC3)sc1C(N)=O)c1cccc(OC2CCNCC2)c1Cl. The molecule has 5 rings (SSSR count). The van der Waals surface area contributed by atoms with Crippen molar-refractivity contribution in [3.8, 4) is 16.5 Å². The Labute approximate surface area is 221 Å². The number of hydrogen-bond donors (Lipinski definition) is 2. The van der Waals surface area contributed by atoms with Gasteiger partial charge in [0.05, 0.1) is 16.4 Å². The number of halogens is 2. The lowest BCUT2D eigenvalue weighted by Gasteiger charge is -2.25. The minimum absolute atomic E-state index is 0.135. The van der Waals surface area contributed by atoms with E-state index in [1.807, 2.05) is 35.8 Å². The summed E-state index contributed by atoms with van der Waals surface area (Å²) in [6.07, 6.45) is 7.21. The van der Waals surface area contributed by atoms with Gasteiger partial charge in [0, 0.05) is 11.6 Å². The van der Waals surface area contributed by atoms with E-state index in [4.69, 9.17) is 26.8 Å². The van der Waals surface area contributed by atoms with Crippen LogP contribution < -0.4 is 20.5 Å². The Bertz CT molecular complexity index is 1280. The third kappa shape index (κ3) is 5.14. The number of rotatable bonds is 7. The number of nitrogens with one attached hydrogen (secondary N) is 1. The van der Waals surface area contributed by atoms with Crippen LogP contribution in [-0.2, 0) is 6.42 Å². The molecule has 0 radical (unpaired) electrons. The summed E-state index contributed by atoms with van der Waals surface area (Å²) in [5.41, 5.74) is 8.51. The predicted molar refractivity (Wildman–Crippen MR) is 142 cm³/mol. The molecule has 1 aromatic carbocycles. The Morgan fingerprint density at radius 2 is 2.11 bits per heavy atom. The van der Waals surface area contributed by atoms with Crippen LogP contribution in [0.4, 0.5) is 0 Å². The van der Waals surface area contributed by atoms with E-state index in [0.717, 1.165) is 65.2 Å². The third-order valence-corrected chi connectivity index (χ3v) is 8.40. The van der Waals surface area contributed by atoms with Crippen LogP contribution >= 0.6 is 38.9 Å². The van der Waals surface area contributed by atoms with Gasteiger partial charge in [0.25, 0.3) is 5.91 Å². The lowest BCUT2D eigenvalue weighted by Crippen LogP contribution is -2.34. The van der Waals surface area contributed by atoms with E-state index in [-0.39, 0.29) is 6.10 Å². The molecule has 2 aliphatic rings. The van der Waals surface area contributed by atoms with Crippen LogP contribution in [0.5, 0.6) is 11.5 Å². The number of nitrogens with two attached hydrogens (primary N) is 1. The summed E-state index contributed by atoms with van der Waals surface area (Å²) in [4.78, 5) is 17.2. The summed E-state index contributed by atoms with van der Waals surface area (Å²) in [6, 6.07) is 7.54. The fourth-order valence-corrected chi connectivity index (χ4v) is 6.06. The van der Waals surface area contributed by atoms with Crippen molar-refractivity contribution in [3.63, 3.8) is 0 Å². The zero-order valence-electron chi connectivity index (χ0n) is 19.2. The maximum atomic E-state index is 12.3. The minimum Gasteiger partial charge on any atom is -0.489 e. The van der Waals surface area contributed by atoms with Crippen LogP contribution in [0.1, 0.15) is 58.9 Å². The first-order chi connectivity index (χ1) is 16.9. The van der Waals surface area contributed by atoms with Crippen molar-refractivity contribution in [1.82, 2.24) is 14.9 Å². The van der Waals surface area contributed by atoms with Crippen molar-refractivity contribution in [2.45, 2.75) is 44.8 Å². The Balaban J connectivity index is 1.41. The lowest BCUT2D eigenvalue weighted by molar-refractivity contribution is 0.0998. The molecule has 2 aromatic heterocycles. The standard InChI is InChI=1S/C25H26BrClN4O3S/c1-14(17-3-2-4-20(23(17)27)34-16-7-9-29-10-8-16)33-21-12-22(35-24(21)25(28)32)31-13-30-18-6-5-15(26)11-19(18)31/h2-4,11-14,16,29H,5-10H2,1H3,(H2,28,32). The summed E-state index contributed by atoms with van der Waals surface area (Å²) < 4.78 is 15.5. The van der Waals surface area contributed by atoms with Gasteiger partial charge in [-0.25, -0.2) is 4.98 Å². The largest absolute Gasteiger partial charge is 0.489 e. The van der Waals surface area contributed by atoms with Crippen molar-refractivity contribution in [1.29, 1.82) is 0 Å². The van der Waals surface area contributed by atoms with Gasteiger partial charge in [0.15, 0.2) is 0 Å². The number of carbonyl (C=O) groups is 1. The number of nitrogens with zero attached hydrogens (tertiary/aromatic N) is 2. The molecular weight excluding hydrogens is 552 g/mol. The number of piperidine rings is 1. The molecule has 184 valence electrons. The molecule has 3 aromatic rings. The maximum Gasteiger partial charge on any atom is 0.262 e. The number of hydrogen-bond acceptors (Lipinski definition) is 6. The molecule has 3 N–H and O–H groups in total. The first kappa shape index (κ1) is 24.4. The average Bonchev–Trinajstić information content (AvgIpc) is 3.45. The molecule has 0 bridgehead atoms. The van der Waals surface area contributed by atoms with Gasteiger partial charge >= 0.3 is 0 Å². The van der Waals surface area contributed by atoms with E-state index in [0.29, 0.717) is 21.4 Å². The number of amides is 1. The number of benzene rings is 1. The highest BCUT2D eigenvalue weighted by Gasteiger charge is 2.24. The van der Waals surface area contributed by atoms with Crippen molar-refractivity contribution in [2.24, 2.45) is 5.73 Å². The van der Waals surface area contributed by atoms with Gasteiger partial charge in [-0.05, 0) is 62.3 Å². The number of primary amides is 1. The zero-order chi connectivity index (χ0) is 24.5. The monoisotopic (exact) mass is 576 g/mol. The molecule has 1 aliphatic carbocycles. The number of ether oxygens (including phenoxy) is 2. The number of allylic oxidation sites excluding steroid dienone is 1. The Morgan fingerprint density at radius 1 is 1.31 bits per heavy atom. The number of fused-ring (bicyclic) bond motifs is 1. The van der Waals surface area contributed by atoms with Crippen molar-refractivity contribution in [3.05, 3.63) is 61.9 Å². The summed E-state index contributed by atoms with van der Waals surface area (Å²) in [7, 11) is 0. The van der Waals surface area contributed by atoms with Gasteiger partial charge in [0.2, 0.25) is 0 Å². The maximum absolute atomic E-state index is 12.3. The van der Waals surface area contributed by atoms with Crippen LogP contribution in [0, 0.1) is 0 Å². The smallest absolute Gasteiger partial charge is 0.262 e. The average molecular weight is 578 g/mol. The van der Waals surface area contributed by atoms with Crippen LogP contribution in [0.15, 0.2) is 35.1 Å². The normalized spacial score (nSPS) is 16.9. The van der Waals surface area contributed by atoms with Crippen molar-refractivity contribution >= 4 is 50.9 Å². The third-order valence-electron chi connectivity index (χ3n) is 6.24. The Hall–Kier alpha value is -2.33. The second-order valence-electron chi connectivity index (χ2n) is 8.67. The number of imidazole rings is 1. The Morgan fingerprint density at radius 3 is 2.89 bits per heavy atom. The van der Waals surface area contributed by atoms with Crippen molar-refractivity contribution in [2.75, 3.05) is 13.1 Å². The van der Waals surface area contributed by atoms with E-state index >= 15 is 0 Å². The number of carbonyl (C=O) groups excluding carboxylic acids is 1. The van der Waals surface area contributed by atoms with Gasteiger partial charge in [-0.1, -0.05) is 39.7 Å². The van der Waals surface area contributed by atoms with Crippen molar-refractivity contribution < 1.29 is 14.3 Å². The minimum atomic E-state index is -0.539. The van der Waals surface area contributed by atoms with Crippen LogP contribution in [-0.4, -0.2) is 34.7 Å². The lowest BCUT2D eigenvalue weighted by atomic mass is 10.1. The molecule has 1 amide bonds. The summed E-state index contributed by atoms with van der Waals surface area (Å²) >= 11 is 11.6. The highest BCUT2D eigenvalue weighted by atomic mass is 79.9. The van der Waals surface area contributed by atoms with Gasteiger partial charge in [-0.2, -0.15) is 0 Å². The molecular formula is C25H26BrClN4O3S. The molecule has 1 fully saturated rings. The van der Waals surface area contributed by atoms with E-state index < -0.39 is 12.0 Å². The summed E-state index contributed by atoms with van der Waals surface area (Å²) in [5.74, 6) is 0.533. The number of aromatic nitrogens is 2. The van der Waals surface area contributed by atoms with Gasteiger partial charge in [-0.3, -0.25) is 9.36 Å². The Kier molecular flexibility index (Phi) is 7.20. The second kappa shape index (κ2) is 10.3. The second-order valence-corrected chi connectivity index (χ2v) is 11.1. The quantitative estimate of drug-likeness (QED) is 0.379. The molecule has 10 heteroatoms. The summed E-state index contributed by atoms with van der Waals surface area (Å²) in [5, 5.41) is 4.67. The molecule has 3 heterocycles. The fraction of sp³-hybridized carbons (Fsp3) is 0.360. The van der Waals surface area contributed by atoms with Gasteiger partial charge < -0.3 is 20.5 Å². The topological polar surface area (TPSA) is 91.4 Å². The molecule has 1 atom stereocenters. The molecule has 1 saturated heterocycles. The van der Waals surface area contributed by atoms with Crippen LogP contribution in [0.3, 0.4) is 0 Å². The highest BCUT2D eigenvalue weighted by molar-refractivity contribution is 9.11. The fourth-order valence-electron chi connectivity index (χ4n) is 4.39. The van der Waals surface area contributed by atoms with Crippen LogP contribution in [0.25, 0.3) is 11.1 Å². The van der Waals surface area contributed by atoms with E-state index in [1.54, 1.807) is 6.33 Å². The molecule has 35 heavy (non-hydrogen) atoms. The molecule has 1 aliphatic heterocycles. The highest BCUT2D eigenvalue weighted by Crippen LogP contribution is 2.39.